The molecule has 2 aliphatic rings. The van der Waals surface area contributed by atoms with Crippen molar-refractivity contribution in [2.45, 2.75) is 32.7 Å². The van der Waals surface area contributed by atoms with Gasteiger partial charge in [0.1, 0.15) is 5.65 Å². The highest BCUT2D eigenvalue weighted by Gasteiger charge is 2.39. The highest BCUT2D eigenvalue weighted by molar-refractivity contribution is 6.26. The van der Waals surface area contributed by atoms with Gasteiger partial charge < -0.3 is 24.6 Å². The van der Waals surface area contributed by atoms with Crippen LogP contribution in [-0.2, 0) is 14.3 Å². The van der Waals surface area contributed by atoms with Crippen molar-refractivity contribution in [3.8, 4) is 0 Å². The maximum atomic E-state index is 12.8. The summed E-state index contributed by atoms with van der Waals surface area (Å²) in [5.41, 5.74) is 1.13. The van der Waals surface area contributed by atoms with Crippen molar-refractivity contribution in [2.24, 2.45) is 0 Å². The lowest BCUT2D eigenvalue weighted by Crippen LogP contribution is -2.44. The summed E-state index contributed by atoms with van der Waals surface area (Å²) < 4.78 is 5.85. The van der Waals surface area contributed by atoms with Gasteiger partial charge in [-0.1, -0.05) is 13.8 Å². The highest BCUT2D eigenvalue weighted by Crippen LogP contribution is 2.32. The summed E-state index contributed by atoms with van der Waals surface area (Å²) in [4.78, 5) is 36.3. The van der Waals surface area contributed by atoms with Crippen LogP contribution in [0.5, 0.6) is 0 Å². The molecule has 2 aromatic heterocycles. The Kier molecular flexibility index (Phi) is 5.59. The van der Waals surface area contributed by atoms with Crippen LogP contribution in [0.25, 0.3) is 17.1 Å². The van der Waals surface area contributed by atoms with Crippen molar-refractivity contribution in [3.63, 3.8) is 0 Å². The number of nitrogens with zero attached hydrogens (tertiary/aromatic N) is 3. The number of carbonyl (C=O) groups is 2. The number of aliphatic carboxylic acids is 1. The van der Waals surface area contributed by atoms with E-state index >= 15 is 0 Å². The van der Waals surface area contributed by atoms with Crippen molar-refractivity contribution < 1.29 is 19.4 Å². The van der Waals surface area contributed by atoms with Crippen molar-refractivity contribution in [3.05, 3.63) is 47.3 Å². The van der Waals surface area contributed by atoms with Crippen LogP contribution in [0.15, 0.2) is 41.7 Å². The molecule has 0 atom stereocenters. The van der Waals surface area contributed by atoms with Crippen LogP contribution in [0.3, 0.4) is 0 Å². The van der Waals surface area contributed by atoms with Crippen LogP contribution >= 0.6 is 0 Å². The van der Waals surface area contributed by atoms with Crippen LogP contribution < -0.4 is 0 Å². The van der Waals surface area contributed by atoms with Crippen LogP contribution in [0.4, 0.5) is 0 Å². The number of Topliss-reactive ketones (excluding diaryl/α,β-unsaturated/α-hetero) is 1. The maximum absolute atomic E-state index is 12.8. The molecule has 0 saturated carbocycles. The Bertz CT molecular complexity index is 1030. The molecule has 0 unspecified atom stereocenters. The van der Waals surface area contributed by atoms with Gasteiger partial charge in [0.15, 0.2) is 11.3 Å². The van der Waals surface area contributed by atoms with Gasteiger partial charge in [-0.25, -0.2) is 9.78 Å². The zero-order chi connectivity index (χ0) is 21.3. The van der Waals surface area contributed by atoms with Crippen LogP contribution in [0.2, 0.25) is 0 Å². The van der Waals surface area contributed by atoms with Gasteiger partial charge in [-0.05, 0) is 44.1 Å². The number of carboxylic acid groups (broad SMARTS) is 1. The average Bonchev–Trinajstić information content (AvgIpc) is 3.31. The van der Waals surface area contributed by atoms with E-state index in [2.05, 4.69) is 28.7 Å². The number of rotatable bonds is 6. The number of carboxylic acids is 1. The number of pyridine rings is 1. The summed E-state index contributed by atoms with van der Waals surface area (Å²) in [5.74, 6) is -1.67. The fourth-order valence-corrected chi connectivity index (χ4v) is 4.34. The molecule has 8 nitrogen and oxygen atoms in total. The van der Waals surface area contributed by atoms with Gasteiger partial charge in [0.2, 0.25) is 11.7 Å². The van der Waals surface area contributed by atoms with Gasteiger partial charge in [-0.2, -0.15) is 0 Å². The van der Waals surface area contributed by atoms with Gasteiger partial charge >= 0.3 is 5.97 Å². The van der Waals surface area contributed by atoms with E-state index in [0.717, 1.165) is 36.9 Å². The third-order valence-corrected chi connectivity index (χ3v) is 5.94. The van der Waals surface area contributed by atoms with Gasteiger partial charge in [0, 0.05) is 42.5 Å². The molecule has 4 rings (SSSR count). The highest BCUT2D eigenvalue weighted by atomic mass is 16.5. The number of ether oxygens (including phenoxy) is 1. The Morgan fingerprint density at radius 3 is 2.77 bits per heavy atom. The number of likely N-dealkylation sites (tertiary alicyclic amines) is 1. The fourth-order valence-electron chi connectivity index (χ4n) is 4.34. The number of hydrogen-bond donors (Lipinski definition) is 2. The van der Waals surface area contributed by atoms with E-state index in [-0.39, 0.29) is 17.2 Å². The first-order valence-electron chi connectivity index (χ1n) is 10.4. The van der Waals surface area contributed by atoms with Gasteiger partial charge in [-0.3, -0.25) is 4.79 Å². The molecule has 8 heteroatoms. The fraction of sp³-hybridized carbons (Fsp3) is 0.409. The molecular weight excluding hydrogens is 384 g/mol. The molecular formula is C22H26N4O4. The summed E-state index contributed by atoms with van der Waals surface area (Å²) in [6, 6.07) is 4.16. The Morgan fingerprint density at radius 2 is 2.10 bits per heavy atom. The lowest BCUT2D eigenvalue weighted by molar-refractivity contribution is -0.134. The molecule has 1 saturated heterocycles. The standard InChI is InChI=1S/C22H26N4O4/c1-3-25(4-2)15-7-10-26(11-8-15)21-18(22(28)29)19(27)17(30-21)12-14-13-24-20-16(14)6-5-9-23-20/h5-6,9,12-13,15H,3-4,7-8,10-11H2,1-2H3,(H,23,24)(H,28,29). The summed E-state index contributed by atoms with van der Waals surface area (Å²) >= 11 is 0. The smallest absolute Gasteiger partial charge is 0.345 e. The molecule has 2 aromatic rings. The maximum Gasteiger partial charge on any atom is 0.345 e. The van der Waals surface area contributed by atoms with Crippen molar-refractivity contribution in [1.29, 1.82) is 0 Å². The number of piperidine rings is 1. The molecule has 158 valence electrons. The molecule has 2 aliphatic heterocycles. The van der Waals surface area contributed by atoms with Gasteiger partial charge in [-0.15, -0.1) is 0 Å². The number of nitrogens with one attached hydrogen (secondary N) is 1. The average molecular weight is 410 g/mol. The van der Waals surface area contributed by atoms with E-state index in [1.807, 2.05) is 17.0 Å². The molecule has 0 radical (unpaired) electrons. The summed E-state index contributed by atoms with van der Waals surface area (Å²) in [7, 11) is 0. The molecule has 0 aliphatic carbocycles. The number of ketones is 1. The quantitative estimate of drug-likeness (QED) is 0.558. The van der Waals surface area contributed by atoms with Crippen LogP contribution in [-0.4, -0.2) is 68.8 Å². The minimum atomic E-state index is -1.26. The Balaban J connectivity index is 1.57. The summed E-state index contributed by atoms with van der Waals surface area (Å²) in [6.07, 6.45) is 6.80. The number of allylic oxidation sites excluding steroid dienone is 1. The zero-order valence-electron chi connectivity index (χ0n) is 17.2. The minimum Gasteiger partial charge on any atom is -0.477 e. The van der Waals surface area contributed by atoms with E-state index in [9.17, 15) is 14.7 Å². The topological polar surface area (TPSA) is 98.8 Å². The van der Waals surface area contributed by atoms with Crippen molar-refractivity contribution >= 4 is 28.9 Å². The Morgan fingerprint density at radius 1 is 1.37 bits per heavy atom. The van der Waals surface area contributed by atoms with E-state index in [0.29, 0.717) is 24.8 Å². The van der Waals surface area contributed by atoms with Crippen molar-refractivity contribution in [1.82, 2.24) is 19.8 Å². The molecule has 0 spiro atoms. The third-order valence-electron chi connectivity index (χ3n) is 5.94. The lowest BCUT2D eigenvalue weighted by atomic mass is 10.0. The first kappa shape index (κ1) is 20.2. The monoisotopic (exact) mass is 410 g/mol. The SMILES string of the molecule is CCN(CC)C1CCN(C2=C(C(=O)O)C(=O)C(=Cc3c[nH]c4ncccc34)O2)CC1. The first-order valence-corrected chi connectivity index (χ1v) is 10.4. The Labute approximate surface area is 174 Å². The summed E-state index contributed by atoms with van der Waals surface area (Å²) in [5, 5.41) is 10.5. The normalized spacial score (nSPS) is 19.4. The Hall–Kier alpha value is -3.13. The lowest BCUT2D eigenvalue weighted by Gasteiger charge is -2.38. The zero-order valence-corrected chi connectivity index (χ0v) is 17.2. The van der Waals surface area contributed by atoms with Gasteiger partial charge in [0.25, 0.3) is 0 Å². The predicted molar refractivity (Wildman–Crippen MR) is 112 cm³/mol. The van der Waals surface area contributed by atoms with E-state index in [1.54, 1.807) is 18.5 Å². The third kappa shape index (κ3) is 3.59. The number of aromatic amines is 1. The number of aromatic nitrogens is 2. The number of carbonyl (C=O) groups excluding carboxylic acids is 1. The second-order valence-corrected chi connectivity index (χ2v) is 7.51. The molecule has 0 amide bonds. The number of H-pyrrole nitrogens is 1. The molecule has 0 aromatic carbocycles. The molecule has 2 N–H and O–H groups in total. The number of hydrogen-bond acceptors (Lipinski definition) is 6. The van der Waals surface area contributed by atoms with E-state index < -0.39 is 11.8 Å². The minimum absolute atomic E-state index is 0.0259. The van der Waals surface area contributed by atoms with Crippen LogP contribution in [0.1, 0.15) is 32.3 Å². The first-order chi connectivity index (χ1) is 14.5. The summed E-state index contributed by atoms with van der Waals surface area (Å²) in [6.45, 7) is 7.60. The molecule has 1 fully saturated rings. The number of fused-ring (bicyclic) bond motifs is 1. The predicted octanol–water partition coefficient (Wildman–Crippen LogP) is 2.61. The van der Waals surface area contributed by atoms with E-state index in [1.165, 1.54) is 0 Å². The van der Waals surface area contributed by atoms with Gasteiger partial charge in [0.05, 0.1) is 0 Å². The second kappa shape index (κ2) is 8.31. The van der Waals surface area contributed by atoms with Crippen molar-refractivity contribution in [2.75, 3.05) is 26.2 Å². The second-order valence-electron chi connectivity index (χ2n) is 7.51. The molecule has 4 heterocycles. The molecule has 30 heavy (non-hydrogen) atoms. The largest absolute Gasteiger partial charge is 0.477 e. The molecule has 0 bridgehead atoms. The van der Waals surface area contributed by atoms with E-state index in [4.69, 9.17) is 4.74 Å². The van der Waals surface area contributed by atoms with Crippen LogP contribution in [0, 0.1) is 0 Å².